The van der Waals surface area contributed by atoms with Crippen LogP contribution in [-0.4, -0.2) is 0 Å². The second-order valence-corrected chi connectivity index (χ2v) is 0. The first kappa shape index (κ1) is 900. The SMILES string of the molecule is [N].[N].[N].[N].[Ni]. The summed E-state index contributed by atoms with van der Waals surface area (Å²) in [5, 5.41) is 0. The summed E-state index contributed by atoms with van der Waals surface area (Å²) in [5.74, 6) is 0. The van der Waals surface area contributed by atoms with E-state index in [9.17, 15) is 0 Å². The van der Waals surface area contributed by atoms with E-state index in [4.69, 9.17) is 0 Å². The van der Waals surface area contributed by atoms with Gasteiger partial charge in [0.2, 0.25) is 0 Å². The molecule has 0 aromatic carbocycles. The van der Waals surface area contributed by atoms with Crippen molar-refractivity contribution in [3.63, 3.8) is 0 Å². The minimum Gasteiger partial charge on any atom is 0 e. The maximum absolute atomic E-state index is 0. The fraction of sp³-hybridized carbons (Fsp3) is 0. The predicted octanol–water partition coefficient (Wildman–Crippen LogP) is -1.92. The molecule has 0 aliphatic heterocycles. The van der Waals surface area contributed by atoms with Crippen LogP contribution >= 0.6 is 0 Å². The Morgan fingerprint density at radius 2 is 0.400 bits per heavy atom. The van der Waals surface area contributed by atoms with Crippen molar-refractivity contribution in [3.8, 4) is 0 Å². The Hall–Kier alpha value is 0.334. The molecule has 0 N–H and O–H groups in total. The van der Waals surface area contributed by atoms with Crippen molar-refractivity contribution in [2.75, 3.05) is 0 Å². The molecule has 30 valence electrons. The van der Waals surface area contributed by atoms with Crippen LogP contribution in [0.5, 0.6) is 0 Å². The molecule has 0 aliphatic rings. The van der Waals surface area contributed by atoms with Gasteiger partial charge in [0.1, 0.15) is 0 Å². The smallest absolute Gasteiger partial charge is 0 e. The molecule has 0 rings (SSSR count). The molecule has 0 atom stereocenters. The molecule has 0 amide bonds. The van der Waals surface area contributed by atoms with Crippen molar-refractivity contribution in [2.24, 2.45) is 0 Å². The van der Waals surface area contributed by atoms with Crippen LogP contribution in [0, 0.1) is 0 Å². The number of hydrogen-bond donors (Lipinski definition) is 0. The van der Waals surface area contributed by atoms with Crippen molar-refractivity contribution in [2.45, 2.75) is 0 Å². The summed E-state index contributed by atoms with van der Waals surface area (Å²) in [5.41, 5.74) is 0. The molecule has 0 heterocycles. The van der Waals surface area contributed by atoms with Gasteiger partial charge in [0.15, 0.2) is 0 Å². The summed E-state index contributed by atoms with van der Waals surface area (Å²) in [4.78, 5) is 0. The van der Waals surface area contributed by atoms with Crippen LogP contribution in [0.4, 0.5) is 0 Å². The van der Waals surface area contributed by atoms with Gasteiger partial charge in [-0.3, -0.25) is 0 Å². The van der Waals surface area contributed by atoms with Gasteiger partial charge in [0, 0.05) is 41.1 Å². The molecule has 0 bridgehead atoms. The Labute approximate surface area is 42.0 Å². The van der Waals surface area contributed by atoms with Crippen molar-refractivity contribution >= 4 is 0 Å². The monoisotopic (exact) mass is 114 g/mol. The molecule has 0 saturated heterocycles. The molecule has 0 saturated carbocycles. The van der Waals surface area contributed by atoms with E-state index in [1.807, 2.05) is 0 Å². The van der Waals surface area contributed by atoms with Gasteiger partial charge in [-0.05, 0) is 0 Å². The van der Waals surface area contributed by atoms with Gasteiger partial charge in [0.25, 0.3) is 0 Å². The minimum atomic E-state index is 0. The zero-order chi connectivity index (χ0) is 0. The average Bonchev–Trinajstić information content (AvgIpc) is 0. The molecular weight excluding hydrogens is 115 g/mol. The van der Waals surface area contributed by atoms with Crippen LogP contribution < -0.4 is 24.6 Å². The summed E-state index contributed by atoms with van der Waals surface area (Å²) in [6.45, 7) is 0. The molecular formula is N4Ni. The average molecular weight is 115 g/mol. The molecule has 0 fully saturated rings. The summed E-state index contributed by atoms with van der Waals surface area (Å²) in [7, 11) is 0. The Morgan fingerprint density at radius 3 is 0.400 bits per heavy atom. The molecule has 12 radical (unpaired) electrons. The van der Waals surface area contributed by atoms with Crippen molar-refractivity contribution in [3.05, 3.63) is 0 Å². The maximum atomic E-state index is 0. The molecule has 0 spiro atoms. The van der Waals surface area contributed by atoms with Crippen LogP contribution in [0.3, 0.4) is 0 Å². The summed E-state index contributed by atoms with van der Waals surface area (Å²) in [6, 6.07) is 0. The van der Waals surface area contributed by atoms with Gasteiger partial charge in [0.05, 0.1) is 0 Å². The quantitative estimate of drug-likeness (QED) is 0.326. The fourth-order valence-electron chi connectivity index (χ4n) is 0. The second-order valence-electron chi connectivity index (χ2n) is 0. The maximum Gasteiger partial charge on any atom is 0 e. The minimum absolute atomic E-state index is 0. The Kier molecular flexibility index (Phi) is 78000. The van der Waals surface area contributed by atoms with Gasteiger partial charge in [-0.15, -0.1) is 0 Å². The molecule has 0 aliphatic carbocycles. The normalized spacial score (nSPS) is 0. The van der Waals surface area contributed by atoms with Crippen molar-refractivity contribution in [1.82, 2.24) is 24.6 Å². The van der Waals surface area contributed by atoms with Crippen LogP contribution in [0.15, 0.2) is 0 Å². The van der Waals surface area contributed by atoms with Crippen LogP contribution in [-0.2, 0) is 16.5 Å². The molecule has 0 aromatic rings. The van der Waals surface area contributed by atoms with Crippen LogP contribution in [0.2, 0.25) is 0 Å². The summed E-state index contributed by atoms with van der Waals surface area (Å²) < 4.78 is 0. The summed E-state index contributed by atoms with van der Waals surface area (Å²) >= 11 is 0. The largest absolute Gasteiger partial charge is 0 e. The second kappa shape index (κ2) is 433. The van der Waals surface area contributed by atoms with Crippen molar-refractivity contribution < 1.29 is 16.5 Å². The van der Waals surface area contributed by atoms with E-state index in [0.717, 1.165) is 0 Å². The molecule has 4 nitrogen and oxygen atoms in total. The topological polar surface area (TPSA) is 122 Å². The van der Waals surface area contributed by atoms with E-state index in [2.05, 4.69) is 0 Å². The first-order valence-corrected chi connectivity index (χ1v) is 0. The molecule has 0 unspecified atom stereocenters. The van der Waals surface area contributed by atoms with Gasteiger partial charge < -0.3 is 0 Å². The third-order valence-electron chi connectivity index (χ3n) is 0. The Bertz CT molecular complexity index is 3.61. The Morgan fingerprint density at radius 1 is 0.400 bits per heavy atom. The fourth-order valence-corrected chi connectivity index (χ4v) is 0. The number of nitrogens with zero attached hydrogens (tertiary/aromatic N) is 4. The Balaban J connectivity index is 0. The molecule has 0 aromatic heterocycles. The van der Waals surface area contributed by atoms with Crippen LogP contribution in [0.1, 0.15) is 0 Å². The van der Waals surface area contributed by atoms with Gasteiger partial charge in [-0.25, -0.2) is 0 Å². The standard InChI is InChI=1S/4N.Ni. The predicted molar refractivity (Wildman–Crippen MR) is 8.54 cm³/mol. The van der Waals surface area contributed by atoms with E-state index >= 15 is 0 Å². The van der Waals surface area contributed by atoms with E-state index in [1.54, 1.807) is 0 Å². The zero-order valence-electron chi connectivity index (χ0n) is 2.11. The van der Waals surface area contributed by atoms with Gasteiger partial charge in [-0.1, -0.05) is 0 Å². The van der Waals surface area contributed by atoms with Gasteiger partial charge >= 0.3 is 0 Å². The third kappa shape index (κ3) is 212. The first-order valence-electron chi connectivity index (χ1n) is 0. The van der Waals surface area contributed by atoms with E-state index in [1.165, 1.54) is 0 Å². The summed E-state index contributed by atoms with van der Waals surface area (Å²) in [6.07, 6.45) is 0. The van der Waals surface area contributed by atoms with E-state index < -0.39 is 0 Å². The first-order chi connectivity index (χ1) is 0. The van der Waals surface area contributed by atoms with E-state index in [0.29, 0.717) is 0 Å². The number of hydrogen-bond acceptors (Lipinski definition) is 0. The van der Waals surface area contributed by atoms with Gasteiger partial charge in [-0.2, -0.15) is 0 Å². The molecule has 5 heteroatoms. The third-order valence-corrected chi connectivity index (χ3v) is 0. The number of rotatable bonds is 0. The van der Waals surface area contributed by atoms with Crippen molar-refractivity contribution in [1.29, 1.82) is 0 Å². The van der Waals surface area contributed by atoms with Crippen LogP contribution in [0.25, 0.3) is 0 Å². The molecule has 5 heavy (non-hydrogen) atoms. The zero-order valence-corrected chi connectivity index (χ0v) is 3.09. The van der Waals surface area contributed by atoms with E-state index in [-0.39, 0.29) is 41.1 Å².